The number of esters is 1. The Morgan fingerprint density at radius 1 is 0.941 bits per heavy atom. The standard InChI is InChI=1S/C26H25BrN2O5/c1-2-3-15-32-22-11-13-23(14-12-22)33-18-25(30)29-28-17-19-7-9-24(10-8-19)34-26(31)20-5-4-6-21(27)16-20/h4-14,16-17H,2-3,15,18H2,1H3,(H,29,30)/b28-17+. The van der Waals surface area contributed by atoms with Crippen molar-refractivity contribution < 1.29 is 23.8 Å². The second-order valence-electron chi connectivity index (χ2n) is 7.22. The van der Waals surface area contributed by atoms with Crippen molar-refractivity contribution in [1.29, 1.82) is 0 Å². The molecule has 0 heterocycles. The predicted molar refractivity (Wildman–Crippen MR) is 134 cm³/mol. The summed E-state index contributed by atoms with van der Waals surface area (Å²) < 4.78 is 17.2. The van der Waals surface area contributed by atoms with Gasteiger partial charge in [-0.25, -0.2) is 10.2 Å². The molecule has 0 aliphatic heterocycles. The average Bonchev–Trinajstić information content (AvgIpc) is 2.85. The van der Waals surface area contributed by atoms with Crippen LogP contribution in [0.4, 0.5) is 0 Å². The number of unbranched alkanes of at least 4 members (excludes halogenated alkanes) is 1. The van der Waals surface area contributed by atoms with Crippen molar-refractivity contribution in [2.45, 2.75) is 19.8 Å². The maximum atomic E-state index is 12.2. The summed E-state index contributed by atoms with van der Waals surface area (Å²) in [5, 5.41) is 3.92. The van der Waals surface area contributed by atoms with E-state index in [1.165, 1.54) is 6.21 Å². The SMILES string of the molecule is CCCCOc1ccc(OCC(=O)N/N=C/c2ccc(OC(=O)c3cccc(Br)c3)cc2)cc1. The van der Waals surface area contributed by atoms with Crippen LogP contribution < -0.4 is 19.6 Å². The normalized spacial score (nSPS) is 10.6. The fourth-order valence-electron chi connectivity index (χ4n) is 2.73. The van der Waals surface area contributed by atoms with Crippen LogP contribution in [0.3, 0.4) is 0 Å². The first-order valence-corrected chi connectivity index (χ1v) is 11.6. The molecule has 0 unspecified atom stereocenters. The van der Waals surface area contributed by atoms with Gasteiger partial charge in [0.2, 0.25) is 0 Å². The van der Waals surface area contributed by atoms with Crippen molar-refractivity contribution in [3.8, 4) is 17.2 Å². The summed E-state index contributed by atoms with van der Waals surface area (Å²) in [5.41, 5.74) is 3.58. The number of hydrogen-bond acceptors (Lipinski definition) is 6. The molecule has 1 amide bonds. The summed E-state index contributed by atoms with van der Waals surface area (Å²) >= 11 is 3.33. The van der Waals surface area contributed by atoms with Crippen LogP contribution in [0, 0.1) is 0 Å². The van der Waals surface area contributed by atoms with Crippen LogP contribution >= 0.6 is 15.9 Å². The largest absolute Gasteiger partial charge is 0.494 e. The van der Waals surface area contributed by atoms with Crippen molar-refractivity contribution in [3.63, 3.8) is 0 Å². The Labute approximate surface area is 206 Å². The maximum Gasteiger partial charge on any atom is 0.343 e. The lowest BCUT2D eigenvalue weighted by molar-refractivity contribution is -0.123. The number of hydrogen-bond donors (Lipinski definition) is 1. The van der Waals surface area contributed by atoms with Gasteiger partial charge < -0.3 is 14.2 Å². The van der Waals surface area contributed by atoms with Crippen molar-refractivity contribution in [2.75, 3.05) is 13.2 Å². The summed E-state index contributed by atoms with van der Waals surface area (Å²) in [7, 11) is 0. The quantitative estimate of drug-likeness (QED) is 0.120. The summed E-state index contributed by atoms with van der Waals surface area (Å²) in [6.45, 7) is 2.62. The van der Waals surface area contributed by atoms with E-state index in [0.717, 1.165) is 28.6 Å². The summed E-state index contributed by atoms with van der Waals surface area (Å²) in [6, 6.07) is 20.8. The van der Waals surface area contributed by atoms with Gasteiger partial charge in [0.15, 0.2) is 6.61 Å². The van der Waals surface area contributed by atoms with Crippen molar-refractivity contribution in [2.24, 2.45) is 5.10 Å². The molecule has 1 N–H and O–H groups in total. The molecule has 34 heavy (non-hydrogen) atoms. The van der Waals surface area contributed by atoms with E-state index in [2.05, 4.69) is 33.4 Å². The van der Waals surface area contributed by atoms with Crippen molar-refractivity contribution >= 4 is 34.0 Å². The summed E-state index contributed by atoms with van der Waals surface area (Å²) in [6.07, 6.45) is 3.57. The first-order valence-electron chi connectivity index (χ1n) is 10.8. The molecule has 0 aliphatic carbocycles. The molecule has 3 rings (SSSR count). The number of nitrogens with zero attached hydrogens (tertiary/aromatic N) is 1. The van der Waals surface area contributed by atoms with Gasteiger partial charge in [-0.05, 0) is 78.7 Å². The van der Waals surface area contributed by atoms with Crippen molar-refractivity contribution in [1.82, 2.24) is 5.43 Å². The third-order valence-corrected chi connectivity index (χ3v) is 5.01. The number of ether oxygens (including phenoxy) is 3. The van der Waals surface area contributed by atoms with Gasteiger partial charge in [-0.15, -0.1) is 0 Å². The predicted octanol–water partition coefficient (Wildman–Crippen LogP) is 5.38. The number of rotatable bonds is 11. The highest BCUT2D eigenvalue weighted by molar-refractivity contribution is 9.10. The first kappa shape index (κ1) is 25.0. The average molecular weight is 525 g/mol. The topological polar surface area (TPSA) is 86.2 Å². The molecule has 176 valence electrons. The van der Waals surface area contributed by atoms with Crippen LogP contribution in [0.1, 0.15) is 35.7 Å². The van der Waals surface area contributed by atoms with Gasteiger partial charge >= 0.3 is 5.97 Å². The number of carbonyl (C=O) groups excluding carboxylic acids is 2. The highest BCUT2D eigenvalue weighted by Crippen LogP contribution is 2.18. The fraction of sp³-hybridized carbons (Fsp3) is 0.192. The molecule has 0 aromatic heterocycles. The van der Waals surface area contributed by atoms with Gasteiger partial charge in [0, 0.05) is 4.47 Å². The van der Waals surface area contributed by atoms with Crippen LogP contribution in [0.15, 0.2) is 82.4 Å². The molecular weight excluding hydrogens is 500 g/mol. The lowest BCUT2D eigenvalue weighted by atomic mass is 10.2. The van der Waals surface area contributed by atoms with E-state index in [1.54, 1.807) is 66.7 Å². The van der Waals surface area contributed by atoms with E-state index in [0.29, 0.717) is 23.7 Å². The van der Waals surface area contributed by atoms with Gasteiger partial charge in [-0.3, -0.25) is 4.79 Å². The van der Waals surface area contributed by atoms with Crippen molar-refractivity contribution in [3.05, 3.63) is 88.4 Å². The minimum Gasteiger partial charge on any atom is -0.494 e. The maximum absolute atomic E-state index is 12.2. The van der Waals surface area contributed by atoms with Crippen LogP contribution in [-0.4, -0.2) is 31.3 Å². The Bertz CT molecular complexity index is 1110. The number of carbonyl (C=O) groups is 2. The van der Waals surface area contributed by atoms with Crippen LogP contribution in [0.2, 0.25) is 0 Å². The molecule has 0 bridgehead atoms. The smallest absolute Gasteiger partial charge is 0.343 e. The summed E-state index contributed by atoms with van der Waals surface area (Å²) in [5.74, 6) is 0.896. The van der Waals surface area contributed by atoms with Gasteiger partial charge in [-0.2, -0.15) is 5.10 Å². The lowest BCUT2D eigenvalue weighted by Crippen LogP contribution is -2.24. The van der Waals surface area contributed by atoms with E-state index in [1.807, 2.05) is 6.07 Å². The van der Waals surface area contributed by atoms with E-state index >= 15 is 0 Å². The van der Waals surface area contributed by atoms with Gasteiger partial charge in [0.25, 0.3) is 5.91 Å². The Hall–Kier alpha value is -3.65. The van der Waals surface area contributed by atoms with Crippen LogP contribution in [0.5, 0.6) is 17.2 Å². The zero-order valence-corrected chi connectivity index (χ0v) is 20.3. The zero-order chi connectivity index (χ0) is 24.2. The van der Waals surface area contributed by atoms with E-state index in [9.17, 15) is 9.59 Å². The third-order valence-electron chi connectivity index (χ3n) is 4.51. The highest BCUT2D eigenvalue weighted by Gasteiger charge is 2.08. The molecule has 3 aromatic rings. The Balaban J connectivity index is 1.40. The molecule has 0 fully saturated rings. The molecule has 0 spiro atoms. The molecule has 0 aliphatic rings. The summed E-state index contributed by atoms with van der Waals surface area (Å²) in [4.78, 5) is 24.1. The Morgan fingerprint density at radius 2 is 1.62 bits per heavy atom. The number of hydrazone groups is 1. The number of amides is 1. The van der Waals surface area contributed by atoms with Crippen LogP contribution in [0.25, 0.3) is 0 Å². The molecule has 0 saturated heterocycles. The monoisotopic (exact) mass is 524 g/mol. The molecule has 0 radical (unpaired) electrons. The molecular formula is C26H25BrN2O5. The number of benzene rings is 3. The molecule has 0 atom stereocenters. The zero-order valence-electron chi connectivity index (χ0n) is 18.7. The second kappa shape index (κ2) is 13.2. The lowest BCUT2D eigenvalue weighted by Gasteiger charge is -2.08. The third kappa shape index (κ3) is 8.37. The number of halogens is 1. The van der Waals surface area contributed by atoms with Gasteiger partial charge in [0.05, 0.1) is 18.4 Å². The Morgan fingerprint density at radius 3 is 2.29 bits per heavy atom. The minimum absolute atomic E-state index is 0.169. The van der Waals surface area contributed by atoms with E-state index in [4.69, 9.17) is 14.2 Å². The highest BCUT2D eigenvalue weighted by atomic mass is 79.9. The molecule has 8 heteroatoms. The minimum atomic E-state index is -0.450. The van der Waals surface area contributed by atoms with Crippen LogP contribution in [-0.2, 0) is 4.79 Å². The van der Waals surface area contributed by atoms with Gasteiger partial charge in [0.1, 0.15) is 17.2 Å². The second-order valence-corrected chi connectivity index (χ2v) is 8.14. The fourth-order valence-corrected chi connectivity index (χ4v) is 3.13. The number of nitrogens with one attached hydrogen (secondary N) is 1. The molecule has 3 aromatic carbocycles. The molecule has 7 nitrogen and oxygen atoms in total. The van der Waals surface area contributed by atoms with E-state index < -0.39 is 5.97 Å². The molecule has 0 saturated carbocycles. The Kier molecular flexibility index (Phi) is 9.66. The first-order chi connectivity index (χ1) is 16.5. The van der Waals surface area contributed by atoms with Gasteiger partial charge in [-0.1, -0.05) is 35.3 Å². The van der Waals surface area contributed by atoms with E-state index in [-0.39, 0.29) is 12.5 Å².